The number of nitrogens with zero attached hydrogens (tertiary/aromatic N) is 4. The van der Waals surface area contributed by atoms with Crippen LogP contribution in [0.2, 0.25) is 0 Å². The van der Waals surface area contributed by atoms with Crippen LogP contribution < -0.4 is 0 Å². The summed E-state index contributed by atoms with van der Waals surface area (Å²) in [7, 11) is 1.52. The molecule has 1 aromatic heterocycles. The van der Waals surface area contributed by atoms with Crippen LogP contribution in [0.3, 0.4) is 0 Å². The molecule has 2 amide bonds. The number of hydrogen-bond donors (Lipinski definition) is 1. The molecule has 2 atom stereocenters. The topological polar surface area (TPSA) is 97.1 Å². The van der Waals surface area contributed by atoms with Gasteiger partial charge in [0.25, 0.3) is 5.91 Å². The number of carbonyl (C=O) groups excluding carboxylic acids is 2. The molecule has 0 aromatic carbocycles. The first-order valence-corrected chi connectivity index (χ1v) is 9.28. The van der Waals surface area contributed by atoms with Gasteiger partial charge in [0.1, 0.15) is 17.4 Å². The summed E-state index contributed by atoms with van der Waals surface area (Å²) in [5.41, 5.74) is 1.36. The van der Waals surface area contributed by atoms with Crippen molar-refractivity contribution in [1.29, 1.82) is 0 Å². The minimum Gasteiger partial charge on any atom is -0.444 e. The predicted octanol–water partition coefficient (Wildman–Crippen LogP) is 1.33. The largest absolute Gasteiger partial charge is 0.444 e. The Bertz CT molecular complexity index is 739. The fourth-order valence-electron chi connectivity index (χ4n) is 3.52. The summed E-state index contributed by atoms with van der Waals surface area (Å²) in [5, 5.41) is 15.2. The van der Waals surface area contributed by atoms with Crippen LogP contribution in [-0.4, -0.2) is 68.3 Å². The zero-order chi connectivity index (χ0) is 19.9. The lowest BCUT2D eigenvalue weighted by atomic mass is 9.97. The first-order chi connectivity index (χ1) is 12.6. The van der Waals surface area contributed by atoms with E-state index in [0.717, 1.165) is 22.7 Å². The molecular weight excluding hydrogens is 352 g/mol. The monoisotopic (exact) mass is 380 g/mol. The molecule has 1 aromatic rings. The molecule has 0 aliphatic carbocycles. The summed E-state index contributed by atoms with van der Waals surface area (Å²) >= 11 is 0. The molecule has 2 aliphatic heterocycles. The lowest BCUT2D eigenvalue weighted by Crippen LogP contribution is -2.46. The maximum absolute atomic E-state index is 12.8. The molecule has 9 heteroatoms. The standard InChI is InChI=1S/C18H28N4O5/c1-6-11-7-14-13(9-21(11)17(25)26-18(2,3)4)15-16(24)20(5)27-12(10-23)8-22(15)19-14/h11-12,23H,6-10H2,1-5H3. The van der Waals surface area contributed by atoms with Crippen molar-refractivity contribution in [2.24, 2.45) is 0 Å². The second-order valence-electron chi connectivity index (χ2n) is 8.04. The van der Waals surface area contributed by atoms with Gasteiger partial charge in [-0.05, 0) is 27.2 Å². The first-order valence-electron chi connectivity index (χ1n) is 9.28. The van der Waals surface area contributed by atoms with Gasteiger partial charge in [0.15, 0.2) is 0 Å². The van der Waals surface area contributed by atoms with Crippen LogP contribution >= 0.6 is 0 Å². The van der Waals surface area contributed by atoms with E-state index in [-0.39, 0.29) is 37.7 Å². The van der Waals surface area contributed by atoms with Crippen molar-refractivity contribution in [1.82, 2.24) is 19.7 Å². The van der Waals surface area contributed by atoms with E-state index in [0.29, 0.717) is 12.1 Å². The third-order valence-corrected chi connectivity index (χ3v) is 4.81. The average molecular weight is 380 g/mol. The highest BCUT2D eigenvalue weighted by Gasteiger charge is 2.39. The van der Waals surface area contributed by atoms with Crippen LogP contribution in [0.25, 0.3) is 0 Å². The number of rotatable bonds is 2. The third kappa shape index (κ3) is 3.79. The first kappa shape index (κ1) is 19.6. The van der Waals surface area contributed by atoms with Crippen LogP contribution in [0, 0.1) is 0 Å². The van der Waals surface area contributed by atoms with Crippen molar-refractivity contribution in [2.45, 2.75) is 71.4 Å². The number of fused-ring (bicyclic) bond motifs is 3. The predicted molar refractivity (Wildman–Crippen MR) is 95.8 cm³/mol. The molecule has 0 fully saturated rings. The summed E-state index contributed by atoms with van der Waals surface area (Å²) in [5.74, 6) is -0.334. The summed E-state index contributed by atoms with van der Waals surface area (Å²) < 4.78 is 7.16. The van der Waals surface area contributed by atoms with E-state index >= 15 is 0 Å². The van der Waals surface area contributed by atoms with Crippen molar-refractivity contribution in [3.63, 3.8) is 0 Å². The number of aliphatic hydroxyl groups is 1. The molecule has 0 saturated carbocycles. The maximum Gasteiger partial charge on any atom is 0.410 e. The van der Waals surface area contributed by atoms with Crippen molar-refractivity contribution >= 4 is 12.0 Å². The van der Waals surface area contributed by atoms with E-state index in [4.69, 9.17) is 9.57 Å². The fourth-order valence-corrected chi connectivity index (χ4v) is 3.52. The molecule has 3 rings (SSSR count). The van der Waals surface area contributed by atoms with Crippen molar-refractivity contribution in [3.8, 4) is 0 Å². The quantitative estimate of drug-likeness (QED) is 0.831. The van der Waals surface area contributed by atoms with Gasteiger partial charge < -0.3 is 14.7 Å². The van der Waals surface area contributed by atoms with E-state index in [9.17, 15) is 14.7 Å². The molecule has 0 radical (unpaired) electrons. The normalized spacial score (nSPS) is 23.0. The SMILES string of the molecule is CCC1Cc2nn3c(c2CN1C(=O)OC(C)(C)C)C(=O)N(C)OC(CO)C3. The molecule has 9 nitrogen and oxygen atoms in total. The van der Waals surface area contributed by atoms with Gasteiger partial charge in [-0.15, -0.1) is 0 Å². The lowest BCUT2D eigenvalue weighted by Gasteiger charge is -2.36. The Hall–Kier alpha value is -2.13. The number of aromatic nitrogens is 2. The van der Waals surface area contributed by atoms with Gasteiger partial charge >= 0.3 is 6.09 Å². The molecule has 0 spiro atoms. The molecule has 2 aliphatic rings. The average Bonchev–Trinajstić information content (AvgIpc) is 2.88. The molecule has 3 heterocycles. The third-order valence-electron chi connectivity index (χ3n) is 4.81. The zero-order valence-corrected chi connectivity index (χ0v) is 16.6. The summed E-state index contributed by atoms with van der Waals surface area (Å²) in [4.78, 5) is 32.7. The number of ether oxygens (including phenoxy) is 1. The highest BCUT2D eigenvalue weighted by atomic mass is 16.7. The van der Waals surface area contributed by atoms with Gasteiger partial charge in [0, 0.05) is 25.1 Å². The van der Waals surface area contributed by atoms with Gasteiger partial charge in [-0.25, -0.2) is 9.86 Å². The maximum atomic E-state index is 12.8. The zero-order valence-electron chi connectivity index (χ0n) is 16.6. The van der Waals surface area contributed by atoms with Crippen molar-refractivity contribution in [2.75, 3.05) is 13.7 Å². The summed E-state index contributed by atoms with van der Waals surface area (Å²) in [6.45, 7) is 7.83. The fraction of sp³-hybridized carbons (Fsp3) is 0.722. The van der Waals surface area contributed by atoms with Crippen LogP contribution in [0.1, 0.15) is 55.9 Å². The minimum atomic E-state index is -0.593. The number of amides is 2. The van der Waals surface area contributed by atoms with E-state index < -0.39 is 11.7 Å². The van der Waals surface area contributed by atoms with E-state index in [1.807, 2.05) is 27.7 Å². The molecule has 27 heavy (non-hydrogen) atoms. The van der Waals surface area contributed by atoms with E-state index in [1.54, 1.807) is 9.58 Å². The van der Waals surface area contributed by atoms with Gasteiger partial charge in [-0.3, -0.25) is 14.3 Å². The Kier molecular flexibility index (Phi) is 5.18. The molecular formula is C18H28N4O5. The molecule has 0 bridgehead atoms. The Morgan fingerprint density at radius 2 is 2.11 bits per heavy atom. The highest BCUT2D eigenvalue weighted by molar-refractivity contribution is 5.94. The van der Waals surface area contributed by atoms with E-state index in [1.165, 1.54) is 7.05 Å². The molecule has 1 N–H and O–H groups in total. The minimum absolute atomic E-state index is 0.0378. The Morgan fingerprint density at radius 3 is 2.70 bits per heavy atom. The number of aliphatic hydroxyl groups excluding tert-OH is 1. The number of carbonyl (C=O) groups is 2. The molecule has 0 saturated heterocycles. The number of hydrogen-bond acceptors (Lipinski definition) is 6. The van der Waals surface area contributed by atoms with Crippen LogP contribution in [-0.2, 0) is 29.1 Å². The Balaban J connectivity index is 1.97. The van der Waals surface area contributed by atoms with Gasteiger partial charge in [0.2, 0.25) is 0 Å². The highest BCUT2D eigenvalue weighted by Crippen LogP contribution is 2.30. The van der Waals surface area contributed by atoms with Crippen LogP contribution in [0.15, 0.2) is 0 Å². The van der Waals surface area contributed by atoms with Gasteiger partial charge in [-0.2, -0.15) is 5.10 Å². The van der Waals surface area contributed by atoms with Crippen LogP contribution in [0.4, 0.5) is 4.79 Å². The number of hydroxylamine groups is 2. The lowest BCUT2D eigenvalue weighted by molar-refractivity contribution is -0.159. The van der Waals surface area contributed by atoms with Crippen LogP contribution in [0.5, 0.6) is 0 Å². The van der Waals surface area contributed by atoms with Gasteiger partial charge in [-0.1, -0.05) is 6.92 Å². The van der Waals surface area contributed by atoms with Gasteiger partial charge in [0.05, 0.1) is 25.4 Å². The van der Waals surface area contributed by atoms with E-state index in [2.05, 4.69) is 5.10 Å². The smallest absolute Gasteiger partial charge is 0.410 e. The Morgan fingerprint density at radius 1 is 1.41 bits per heavy atom. The second kappa shape index (κ2) is 7.12. The van der Waals surface area contributed by atoms with Crippen molar-refractivity contribution < 1.29 is 24.3 Å². The summed E-state index contributed by atoms with van der Waals surface area (Å²) in [6, 6.07) is -0.0378. The molecule has 2 unspecified atom stereocenters. The second-order valence-corrected chi connectivity index (χ2v) is 8.04. The van der Waals surface area contributed by atoms with Crippen molar-refractivity contribution in [3.05, 3.63) is 17.0 Å². The summed E-state index contributed by atoms with van der Waals surface area (Å²) in [6.07, 6.45) is 0.383. The molecule has 150 valence electrons. The Labute approximate surface area is 158 Å².